The first-order valence-corrected chi connectivity index (χ1v) is 11.6. The summed E-state index contributed by atoms with van der Waals surface area (Å²) in [7, 11) is 0. The van der Waals surface area contributed by atoms with Crippen LogP contribution >= 0.6 is 35.6 Å². The quantitative estimate of drug-likeness (QED) is 0.312. The molecule has 0 amide bonds. The van der Waals surface area contributed by atoms with Crippen LogP contribution in [-0.4, -0.2) is 62.2 Å². The van der Waals surface area contributed by atoms with E-state index < -0.39 is 0 Å². The van der Waals surface area contributed by atoms with Crippen LogP contribution in [0.2, 0.25) is 5.02 Å². The van der Waals surface area contributed by atoms with Crippen molar-refractivity contribution in [2.45, 2.75) is 59.0 Å². The number of aryl methyl sites for hydroxylation is 1. The first kappa shape index (κ1) is 25.5. The second kappa shape index (κ2) is 12.3. The van der Waals surface area contributed by atoms with Crippen molar-refractivity contribution in [1.82, 2.24) is 15.5 Å². The summed E-state index contributed by atoms with van der Waals surface area (Å²) in [6.07, 6.45) is 3.56. The Balaban J connectivity index is 0.00000320. The van der Waals surface area contributed by atoms with Crippen molar-refractivity contribution in [2.24, 2.45) is 10.9 Å². The fourth-order valence-electron chi connectivity index (χ4n) is 4.42. The van der Waals surface area contributed by atoms with Gasteiger partial charge in [-0.05, 0) is 70.6 Å². The summed E-state index contributed by atoms with van der Waals surface area (Å²) in [5.74, 6) is 1.57. The SMILES string of the molecule is CCNC(=NCC1CCN(c2cc(Cl)ccc2C)C1)NC1CCN(C(C)C)CC1.I. The van der Waals surface area contributed by atoms with Crippen LogP contribution < -0.4 is 15.5 Å². The first-order chi connectivity index (χ1) is 14.0. The largest absolute Gasteiger partial charge is 0.371 e. The van der Waals surface area contributed by atoms with Gasteiger partial charge in [-0.3, -0.25) is 4.99 Å². The molecule has 2 fully saturated rings. The lowest BCUT2D eigenvalue weighted by Gasteiger charge is -2.35. The van der Waals surface area contributed by atoms with E-state index in [4.69, 9.17) is 16.6 Å². The molecule has 0 aliphatic carbocycles. The molecular weight excluding hydrogens is 509 g/mol. The van der Waals surface area contributed by atoms with Gasteiger partial charge in [0, 0.05) is 62.1 Å². The van der Waals surface area contributed by atoms with Gasteiger partial charge >= 0.3 is 0 Å². The number of nitrogens with one attached hydrogen (secondary N) is 2. The van der Waals surface area contributed by atoms with Gasteiger partial charge in [-0.15, -0.1) is 24.0 Å². The van der Waals surface area contributed by atoms with Crippen LogP contribution in [-0.2, 0) is 0 Å². The van der Waals surface area contributed by atoms with Gasteiger partial charge < -0.3 is 20.4 Å². The van der Waals surface area contributed by atoms with Gasteiger partial charge in [0.1, 0.15) is 0 Å². The van der Waals surface area contributed by atoms with Gasteiger partial charge in [0.05, 0.1) is 0 Å². The minimum absolute atomic E-state index is 0. The number of guanidine groups is 1. The van der Waals surface area contributed by atoms with E-state index in [2.05, 4.69) is 60.3 Å². The zero-order valence-corrected chi connectivity index (χ0v) is 22.0. The average Bonchev–Trinajstić information content (AvgIpc) is 3.17. The average molecular weight is 548 g/mol. The standard InChI is InChI=1S/C23H38ClN5.HI/c1-5-25-23(27-21-9-12-28(13-10-21)17(2)3)26-15-19-8-11-29(16-19)22-14-20(24)7-6-18(22)4;/h6-7,14,17,19,21H,5,8-13,15-16H2,1-4H3,(H2,25,26,27);1H. The van der Waals surface area contributed by atoms with Crippen LogP contribution in [0, 0.1) is 12.8 Å². The number of piperidine rings is 1. The second-order valence-electron chi connectivity index (χ2n) is 8.80. The summed E-state index contributed by atoms with van der Waals surface area (Å²) in [5, 5.41) is 7.94. The topological polar surface area (TPSA) is 42.9 Å². The van der Waals surface area contributed by atoms with E-state index in [1.165, 1.54) is 43.6 Å². The molecule has 7 heteroatoms. The van der Waals surface area contributed by atoms with E-state index >= 15 is 0 Å². The molecular formula is C23H39ClIN5. The molecule has 2 heterocycles. The number of halogens is 2. The Morgan fingerprint density at radius 1 is 1.20 bits per heavy atom. The number of hydrogen-bond acceptors (Lipinski definition) is 3. The Labute approximate surface area is 205 Å². The highest BCUT2D eigenvalue weighted by Gasteiger charge is 2.25. The molecule has 0 bridgehead atoms. The molecule has 5 nitrogen and oxygen atoms in total. The first-order valence-electron chi connectivity index (χ1n) is 11.3. The molecule has 0 aromatic heterocycles. The minimum Gasteiger partial charge on any atom is -0.371 e. The number of hydrogen-bond donors (Lipinski definition) is 2. The molecule has 0 radical (unpaired) electrons. The zero-order chi connectivity index (χ0) is 20.8. The lowest BCUT2D eigenvalue weighted by Crippen LogP contribution is -2.50. The number of nitrogens with zero attached hydrogens (tertiary/aromatic N) is 3. The van der Waals surface area contributed by atoms with E-state index in [0.29, 0.717) is 18.0 Å². The van der Waals surface area contributed by atoms with Crippen molar-refractivity contribution in [3.05, 3.63) is 28.8 Å². The third-order valence-electron chi connectivity index (χ3n) is 6.25. The molecule has 30 heavy (non-hydrogen) atoms. The monoisotopic (exact) mass is 547 g/mol. The Bertz CT molecular complexity index is 688. The Morgan fingerprint density at radius 3 is 2.60 bits per heavy atom. The summed E-state index contributed by atoms with van der Waals surface area (Å²) in [5.41, 5.74) is 2.56. The molecule has 0 spiro atoms. The van der Waals surface area contributed by atoms with Crippen LogP contribution in [0.25, 0.3) is 0 Å². The number of anilines is 1. The third-order valence-corrected chi connectivity index (χ3v) is 6.49. The predicted molar refractivity (Wildman–Crippen MR) is 141 cm³/mol. The van der Waals surface area contributed by atoms with Crippen LogP contribution in [0.3, 0.4) is 0 Å². The van der Waals surface area contributed by atoms with Gasteiger partial charge in [0.2, 0.25) is 0 Å². The van der Waals surface area contributed by atoms with Crippen molar-refractivity contribution in [3.63, 3.8) is 0 Å². The van der Waals surface area contributed by atoms with Crippen molar-refractivity contribution < 1.29 is 0 Å². The van der Waals surface area contributed by atoms with Gasteiger partial charge in [-0.25, -0.2) is 0 Å². The van der Waals surface area contributed by atoms with E-state index in [1.807, 2.05) is 6.07 Å². The van der Waals surface area contributed by atoms with Crippen LogP contribution in [0.1, 0.15) is 45.6 Å². The Morgan fingerprint density at radius 2 is 1.93 bits per heavy atom. The number of aliphatic imine (C=N–C) groups is 1. The summed E-state index contributed by atoms with van der Waals surface area (Å²) < 4.78 is 0. The fraction of sp³-hybridized carbons (Fsp3) is 0.696. The molecule has 2 aliphatic heterocycles. The normalized spacial score (nSPS) is 21.1. The maximum atomic E-state index is 6.22. The molecule has 2 aliphatic rings. The molecule has 170 valence electrons. The second-order valence-corrected chi connectivity index (χ2v) is 9.24. The fourth-order valence-corrected chi connectivity index (χ4v) is 4.58. The van der Waals surface area contributed by atoms with Gasteiger partial charge in [0.15, 0.2) is 5.96 Å². The van der Waals surface area contributed by atoms with Crippen molar-refractivity contribution in [3.8, 4) is 0 Å². The van der Waals surface area contributed by atoms with Gasteiger partial charge in [0.25, 0.3) is 0 Å². The highest BCUT2D eigenvalue weighted by molar-refractivity contribution is 14.0. The lowest BCUT2D eigenvalue weighted by atomic mass is 10.0. The molecule has 1 aromatic rings. The van der Waals surface area contributed by atoms with Gasteiger partial charge in [-0.1, -0.05) is 17.7 Å². The summed E-state index contributed by atoms with van der Waals surface area (Å²) in [6, 6.07) is 7.35. The molecule has 1 aromatic carbocycles. The summed E-state index contributed by atoms with van der Waals surface area (Å²) in [4.78, 5) is 9.96. The molecule has 1 unspecified atom stereocenters. The highest BCUT2D eigenvalue weighted by atomic mass is 127. The van der Waals surface area contributed by atoms with E-state index in [-0.39, 0.29) is 24.0 Å². The van der Waals surface area contributed by atoms with Crippen LogP contribution in [0.5, 0.6) is 0 Å². The van der Waals surface area contributed by atoms with E-state index in [9.17, 15) is 0 Å². The summed E-state index contributed by atoms with van der Waals surface area (Å²) in [6.45, 7) is 15.1. The van der Waals surface area contributed by atoms with Crippen LogP contribution in [0.4, 0.5) is 5.69 Å². The molecule has 2 N–H and O–H groups in total. The molecule has 2 saturated heterocycles. The zero-order valence-electron chi connectivity index (χ0n) is 19.0. The number of rotatable bonds is 6. The van der Waals surface area contributed by atoms with E-state index in [0.717, 1.165) is 37.2 Å². The smallest absolute Gasteiger partial charge is 0.191 e. The van der Waals surface area contributed by atoms with E-state index in [1.54, 1.807) is 0 Å². The molecule has 0 saturated carbocycles. The lowest BCUT2D eigenvalue weighted by molar-refractivity contribution is 0.167. The van der Waals surface area contributed by atoms with Gasteiger partial charge in [-0.2, -0.15) is 0 Å². The highest BCUT2D eigenvalue weighted by Crippen LogP contribution is 2.29. The Hall–Kier alpha value is -0.730. The van der Waals surface area contributed by atoms with Crippen molar-refractivity contribution in [2.75, 3.05) is 44.2 Å². The summed E-state index contributed by atoms with van der Waals surface area (Å²) >= 11 is 6.22. The Kier molecular flexibility index (Phi) is 10.5. The van der Waals surface area contributed by atoms with Crippen molar-refractivity contribution >= 4 is 47.2 Å². The van der Waals surface area contributed by atoms with Crippen LogP contribution in [0.15, 0.2) is 23.2 Å². The molecule has 3 rings (SSSR count). The predicted octanol–water partition coefficient (Wildman–Crippen LogP) is 4.52. The molecule has 1 atom stereocenters. The number of benzene rings is 1. The number of likely N-dealkylation sites (tertiary alicyclic amines) is 1. The third kappa shape index (κ3) is 7.16. The minimum atomic E-state index is 0. The maximum absolute atomic E-state index is 6.22. The maximum Gasteiger partial charge on any atom is 0.191 e. The van der Waals surface area contributed by atoms with Crippen molar-refractivity contribution in [1.29, 1.82) is 0 Å².